The third-order valence-electron chi connectivity index (χ3n) is 4.71. The van der Waals surface area contributed by atoms with E-state index in [1.807, 2.05) is 54.0 Å². The molecular formula is C23H25N3OS. The molecular weight excluding hydrogens is 366 g/mol. The molecule has 0 bridgehead atoms. The van der Waals surface area contributed by atoms with Crippen molar-refractivity contribution in [2.24, 2.45) is 4.99 Å². The molecule has 0 fully saturated rings. The summed E-state index contributed by atoms with van der Waals surface area (Å²) in [4.78, 5) is 23.8. The third-order valence-corrected chi connectivity index (χ3v) is 5.56. The molecule has 0 radical (unpaired) electrons. The van der Waals surface area contributed by atoms with Crippen LogP contribution in [0, 0.1) is 13.8 Å². The van der Waals surface area contributed by atoms with Gasteiger partial charge in [0.15, 0.2) is 0 Å². The molecule has 5 heteroatoms. The summed E-state index contributed by atoms with van der Waals surface area (Å²) in [5.41, 5.74) is 5.71. The number of aromatic nitrogens is 1. The van der Waals surface area contributed by atoms with E-state index in [1.54, 1.807) is 0 Å². The summed E-state index contributed by atoms with van der Waals surface area (Å²) in [6.07, 6.45) is 2.59. The first-order valence-electron chi connectivity index (χ1n) is 9.36. The van der Waals surface area contributed by atoms with Crippen molar-refractivity contribution in [1.82, 2.24) is 9.88 Å². The highest BCUT2D eigenvalue weighted by Crippen LogP contribution is 2.26. The highest BCUT2D eigenvalue weighted by molar-refractivity contribution is 7.09. The minimum absolute atomic E-state index is 0.0271. The van der Waals surface area contributed by atoms with Crippen molar-refractivity contribution in [3.05, 3.63) is 80.8 Å². The SMILES string of the molecule is CCN(C)/C=N/c1cc(C)c(Cc2nc(C(=O)c3ccccc3)cs2)cc1C. The number of thiazole rings is 1. The van der Waals surface area contributed by atoms with Crippen molar-refractivity contribution in [2.45, 2.75) is 27.2 Å². The van der Waals surface area contributed by atoms with Crippen molar-refractivity contribution >= 4 is 29.1 Å². The van der Waals surface area contributed by atoms with E-state index in [1.165, 1.54) is 22.5 Å². The van der Waals surface area contributed by atoms with E-state index in [2.05, 4.69) is 42.9 Å². The second-order valence-electron chi connectivity index (χ2n) is 6.88. The molecule has 1 aromatic heterocycles. The van der Waals surface area contributed by atoms with E-state index in [0.29, 0.717) is 11.3 Å². The predicted octanol–water partition coefficient (Wildman–Crippen LogP) is 5.19. The Morgan fingerprint density at radius 2 is 1.93 bits per heavy atom. The fourth-order valence-electron chi connectivity index (χ4n) is 2.83. The topological polar surface area (TPSA) is 45.6 Å². The van der Waals surface area contributed by atoms with Crippen LogP contribution in [0.5, 0.6) is 0 Å². The smallest absolute Gasteiger partial charge is 0.212 e. The Morgan fingerprint density at radius 3 is 2.64 bits per heavy atom. The molecule has 3 rings (SSSR count). The molecule has 4 nitrogen and oxygen atoms in total. The Hall–Kier alpha value is -2.79. The molecule has 0 amide bonds. The first-order chi connectivity index (χ1) is 13.5. The van der Waals surface area contributed by atoms with Gasteiger partial charge in [0.05, 0.1) is 17.0 Å². The lowest BCUT2D eigenvalue weighted by molar-refractivity contribution is 0.103. The summed E-state index contributed by atoms with van der Waals surface area (Å²) in [6.45, 7) is 7.19. The molecule has 2 aromatic carbocycles. The van der Waals surface area contributed by atoms with Gasteiger partial charge in [-0.15, -0.1) is 11.3 Å². The van der Waals surface area contributed by atoms with Gasteiger partial charge < -0.3 is 4.90 Å². The van der Waals surface area contributed by atoms with E-state index in [4.69, 9.17) is 0 Å². The molecule has 1 heterocycles. The zero-order valence-corrected chi connectivity index (χ0v) is 17.6. The van der Waals surface area contributed by atoms with Crippen LogP contribution in [-0.4, -0.2) is 35.6 Å². The average molecular weight is 392 g/mol. The van der Waals surface area contributed by atoms with Crippen LogP contribution in [0.15, 0.2) is 52.8 Å². The van der Waals surface area contributed by atoms with Crippen LogP contribution in [0.3, 0.4) is 0 Å². The van der Waals surface area contributed by atoms with Crippen LogP contribution in [0.25, 0.3) is 0 Å². The number of hydrogen-bond donors (Lipinski definition) is 0. The molecule has 0 aliphatic heterocycles. The Labute approximate surface area is 170 Å². The van der Waals surface area contributed by atoms with Crippen molar-refractivity contribution in [3.63, 3.8) is 0 Å². The number of benzene rings is 2. The Bertz CT molecular complexity index is 992. The monoisotopic (exact) mass is 391 g/mol. The number of aryl methyl sites for hydroxylation is 2. The standard InChI is InChI=1S/C23H25N3OS/c1-5-26(4)15-24-20-12-16(2)19(11-17(20)3)13-22-25-21(14-28-22)23(27)18-9-7-6-8-10-18/h6-12,14-15H,5,13H2,1-4H3/b24-15+. The molecule has 0 aliphatic rings. The predicted molar refractivity (Wildman–Crippen MR) is 117 cm³/mol. The molecule has 144 valence electrons. The Balaban J connectivity index is 1.77. The zero-order valence-electron chi connectivity index (χ0n) is 16.8. The maximum Gasteiger partial charge on any atom is 0.212 e. The van der Waals surface area contributed by atoms with Crippen molar-refractivity contribution in [3.8, 4) is 0 Å². The number of hydrogen-bond acceptors (Lipinski definition) is 4. The first-order valence-corrected chi connectivity index (χ1v) is 10.2. The molecule has 0 saturated carbocycles. The first kappa shape index (κ1) is 20.0. The van der Waals surface area contributed by atoms with Crippen LogP contribution in [-0.2, 0) is 6.42 Å². The van der Waals surface area contributed by atoms with Crippen LogP contribution in [0.2, 0.25) is 0 Å². The van der Waals surface area contributed by atoms with Gasteiger partial charge in [-0.1, -0.05) is 36.4 Å². The normalized spacial score (nSPS) is 11.1. The number of aliphatic imine (C=N–C) groups is 1. The van der Waals surface area contributed by atoms with E-state index >= 15 is 0 Å². The summed E-state index contributed by atoms with van der Waals surface area (Å²) in [7, 11) is 2.01. The van der Waals surface area contributed by atoms with Crippen LogP contribution < -0.4 is 0 Å². The molecule has 0 aliphatic carbocycles. The molecule has 0 spiro atoms. The second kappa shape index (κ2) is 8.93. The third kappa shape index (κ3) is 4.73. The van der Waals surface area contributed by atoms with Gasteiger partial charge in [-0.05, 0) is 43.5 Å². The number of rotatable bonds is 7. The number of carbonyl (C=O) groups is 1. The van der Waals surface area contributed by atoms with E-state index in [9.17, 15) is 4.79 Å². The van der Waals surface area contributed by atoms with Gasteiger partial charge in [0.1, 0.15) is 5.69 Å². The quantitative estimate of drug-likeness (QED) is 0.316. The Kier molecular flexibility index (Phi) is 6.37. The molecule has 0 unspecified atom stereocenters. The number of nitrogens with zero attached hydrogens (tertiary/aromatic N) is 3. The van der Waals surface area contributed by atoms with Gasteiger partial charge in [0.2, 0.25) is 5.78 Å². The van der Waals surface area contributed by atoms with Crippen LogP contribution in [0.4, 0.5) is 5.69 Å². The minimum Gasteiger partial charge on any atom is -0.366 e. The van der Waals surface area contributed by atoms with Crippen molar-refractivity contribution in [1.29, 1.82) is 0 Å². The zero-order chi connectivity index (χ0) is 20.1. The highest BCUT2D eigenvalue weighted by atomic mass is 32.1. The van der Waals surface area contributed by atoms with E-state index < -0.39 is 0 Å². The molecule has 0 atom stereocenters. The van der Waals surface area contributed by atoms with Crippen LogP contribution in [0.1, 0.15) is 44.7 Å². The van der Waals surface area contributed by atoms with Crippen molar-refractivity contribution in [2.75, 3.05) is 13.6 Å². The lowest BCUT2D eigenvalue weighted by Gasteiger charge is -2.11. The van der Waals surface area contributed by atoms with Crippen LogP contribution >= 0.6 is 11.3 Å². The average Bonchev–Trinajstić information content (AvgIpc) is 3.17. The summed E-state index contributed by atoms with van der Waals surface area (Å²) >= 11 is 1.54. The summed E-state index contributed by atoms with van der Waals surface area (Å²) in [5.74, 6) is -0.0271. The van der Waals surface area contributed by atoms with Gasteiger partial charge >= 0.3 is 0 Å². The lowest BCUT2D eigenvalue weighted by Crippen LogP contribution is -2.14. The minimum atomic E-state index is -0.0271. The highest BCUT2D eigenvalue weighted by Gasteiger charge is 2.14. The number of carbonyl (C=O) groups excluding carboxylic acids is 1. The second-order valence-corrected chi connectivity index (χ2v) is 7.82. The van der Waals surface area contributed by atoms with Gasteiger partial charge in [-0.3, -0.25) is 4.79 Å². The molecule has 3 aromatic rings. The maximum atomic E-state index is 12.6. The number of ketones is 1. The largest absolute Gasteiger partial charge is 0.366 e. The fourth-order valence-corrected chi connectivity index (χ4v) is 3.63. The molecule has 0 N–H and O–H groups in total. The summed E-state index contributed by atoms with van der Waals surface area (Å²) in [5, 5.41) is 2.80. The maximum absolute atomic E-state index is 12.6. The van der Waals surface area contributed by atoms with E-state index in [0.717, 1.165) is 29.2 Å². The lowest BCUT2D eigenvalue weighted by atomic mass is 10.0. The summed E-state index contributed by atoms with van der Waals surface area (Å²) < 4.78 is 0. The van der Waals surface area contributed by atoms with Gasteiger partial charge in [-0.25, -0.2) is 9.98 Å². The summed E-state index contributed by atoms with van der Waals surface area (Å²) in [6, 6.07) is 13.6. The van der Waals surface area contributed by atoms with Gasteiger partial charge in [0, 0.05) is 31.0 Å². The van der Waals surface area contributed by atoms with Gasteiger partial charge in [-0.2, -0.15) is 0 Å². The molecule has 28 heavy (non-hydrogen) atoms. The Morgan fingerprint density at radius 1 is 1.18 bits per heavy atom. The van der Waals surface area contributed by atoms with E-state index in [-0.39, 0.29) is 5.78 Å². The molecule has 0 saturated heterocycles. The van der Waals surface area contributed by atoms with Crippen molar-refractivity contribution < 1.29 is 4.79 Å². The fraction of sp³-hybridized carbons (Fsp3) is 0.261. The van der Waals surface area contributed by atoms with Gasteiger partial charge in [0.25, 0.3) is 0 Å².